The lowest BCUT2D eigenvalue weighted by Crippen LogP contribution is -2.52. The first-order valence-corrected chi connectivity index (χ1v) is 10.2. The van der Waals surface area contributed by atoms with Gasteiger partial charge in [-0.05, 0) is 59.9 Å². The van der Waals surface area contributed by atoms with Gasteiger partial charge in [0, 0.05) is 19.2 Å². The van der Waals surface area contributed by atoms with E-state index in [1.54, 1.807) is 28.4 Å². The van der Waals surface area contributed by atoms with Crippen LogP contribution in [0, 0.1) is 0 Å². The number of rotatable bonds is 3. The van der Waals surface area contributed by atoms with Crippen molar-refractivity contribution >= 4 is 34.9 Å². The molecule has 6 heteroatoms. The number of fused-ring (bicyclic) bond motifs is 1. The van der Waals surface area contributed by atoms with Crippen molar-refractivity contribution in [2.24, 2.45) is 0 Å². The number of carbonyl (C=O) groups excluding carboxylic acids is 2. The average molecular weight is 382 g/mol. The SMILES string of the molecule is O=C([C@@H]1CN(C(=O)/C=C/c2ccsc2)c2ccccc2O1)N1CCCCC1. The summed E-state index contributed by atoms with van der Waals surface area (Å²) < 4.78 is 5.97. The van der Waals surface area contributed by atoms with Gasteiger partial charge in [0.15, 0.2) is 6.10 Å². The van der Waals surface area contributed by atoms with Gasteiger partial charge in [-0.25, -0.2) is 0 Å². The molecule has 1 atom stereocenters. The van der Waals surface area contributed by atoms with Crippen LogP contribution in [0.4, 0.5) is 5.69 Å². The summed E-state index contributed by atoms with van der Waals surface area (Å²) in [7, 11) is 0. The second kappa shape index (κ2) is 7.96. The quantitative estimate of drug-likeness (QED) is 0.763. The molecule has 27 heavy (non-hydrogen) atoms. The number of para-hydroxylation sites is 2. The van der Waals surface area contributed by atoms with E-state index in [0.717, 1.165) is 37.9 Å². The summed E-state index contributed by atoms with van der Waals surface area (Å²) in [6.07, 6.45) is 5.93. The fraction of sp³-hybridized carbons (Fsp3) is 0.333. The molecule has 0 spiro atoms. The number of thiophene rings is 1. The molecule has 1 saturated heterocycles. The minimum atomic E-state index is -0.656. The number of anilines is 1. The summed E-state index contributed by atoms with van der Waals surface area (Å²) >= 11 is 1.59. The van der Waals surface area contributed by atoms with Crippen molar-refractivity contribution in [3.05, 3.63) is 52.7 Å². The van der Waals surface area contributed by atoms with Gasteiger partial charge >= 0.3 is 0 Å². The van der Waals surface area contributed by atoms with Crippen molar-refractivity contribution in [1.29, 1.82) is 0 Å². The molecule has 0 saturated carbocycles. The number of carbonyl (C=O) groups is 2. The highest BCUT2D eigenvalue weighted by molar-refractivity contribution is 7.08. The van der Waals surface area contributed by atoms with E-state index in [1.807, 2.05) is 46.0 Å². The van der Waals surface area contributed by atoms with Gasteiger partial charge in [-0.15, -0.1) is 0 Å². The minimum Gasteiger partial charge on any atom is -0.476 e. The summed E-state index contributed by atoms with van der Waals surface area (Å²) in [5.41, 5.74) is 1.70. The fourth-order valence-corrected chi connectivity index (χ4v) is 4.15. The maximum atomic E-state index is 12.9. The molecular weight excluding hydrogens is 360 g/mol. The first-order valence-electron chi connectivity index (χ1n) is 9.28. The third-order valence-corrected chi connectivity index (χ3v) is 5.65. The Morgan fingerprint density at radius 2 is 1.93 bits per heavy atom. The van der Waals surface area contributed by atoms with E-state index in [0.29, 0.717) is 11.4 Å². The maximum Gasteiger partial charge on any atom is 0.265 e. The summed E-state index contributed by atoms with van der Waals surface area (Å²) in [4.78, 5) is 29.3. The number of benzene rings is 1. The zero-order valence-electron chi connectivity index (χ0n) is 15.0. The third-order valence-electron chi connectivity index (χ3n) is 4.94. The highest BCUT2D eigenvalue weighted by Gasteiger charge is 2.35. The number of hydrogen-bond donors (Lipinski definition) is 0. The van der Waals surface area contributed by atoms with Crippen LogP contribution in [-0.2, 0) is 9.59 Å². The van der Waals surface area contributed by atoms with Crippen molar-refractivity contribution in [2.45, 2.75) is 25.4 Å². The van der Waals surface area contributed by atoms with Gasteiger partial charge in [-0.2, -0.15) is 11.3 Å². The molecule has 2 aliphatic heterocycles. The van der Waals surface area contributed by atoms with Gasteiger partial charge in [0.25, 0.3) is 11.8 Å². The van der Waals surface area contributed by atoms with Crippen molar-refractivity contribution in [3.8, 4) is 5.75 Å². The van der Waals surface area contributed by atoms with Crippen LogP contribution in [0.25, 0.3) is 6.08 Å². The first kappa shape index (κ1) is 17.8. The molecule has 1 fully saturated rings. The normalized spacial score (nSPS) is 19.6. The van der Waals surface area contributed by atoms with Crippen LogP contribution in [0.2, 0.25) is 0 Å². The molecule has 0 bridgehead atoms. The lowest BCUT2D eigenvalue weighted by molar-refractivity contribution is -0.139. The topological polar surface area (TPSA) is 49.9 Å². The van der Waals surface area contributed by atoms with Crippen LogP contribution in [0.15, 0.2) is 47.2 Å². The Labute approximate surface area is 162 Å². The van der Waals surface area contributed by atoms with Crippen LogP contribution in [0.3, 0.4) is 0 Å². The Kier molecular flexibility index (Phi) is 5.25. The molecule has 140 valence electrons. The smallest absolute Gasteiger partial charge is 0.265 e. The highest BCUT2D eigenvalue weighted by atomic mass is 32.1. The van der Waals surface area contributed by atoms with E-state index in [-0.39, 0.29) is 18.4 Å². The lowest BCUT2D eigenvalue weighted by Gasteiger charge is -2.37. The van der Waals surface area contributed by atoms with E-state index < -0.39 is 6.10 Å². The number of hydrogen-bond acceptors (Lipinski definition) is 4. The predicted octanol–water partition coefficient (Wildman–Crippen LogP) is 3.57. The van der Waals surface area contributed by atoms with E-state index in [4.69, 9.17) is 4.74 Å². The van der Waals surface area contributed by atoms with Crippen LogP contribution in [0.5, 0.6) is 5.75 Å². The third kappa shape index (κ3) is 3.90. The van der Waals surface area contributed by atoms with Crippen molar-refractivity contribution in [3.63, 3.8) is 0 Å². The van der Waals surface area contributed by atoms with Gasteiger partial charge < -0.3 is 14.5 Å². The average Bonchev–Trinajstić information content (AvgIpc) is 3.25. The number of ether oxygens (including phenoxy) is 1. The molecule has 1 aromatic carbocycles. The second-order valence-corrected chi connectivity index (χ2v) is 7.58. The van der Waals surface area contributed by atoms with Gasteiger partial charge in [0.05, 0.1) is 12.2 Å². The molecule has 0 radical (unpaired) electrons. The van der Waals surface area contributed by atoms with Crippen LogP contribution < -0.4 is 9.64 Å². The fourth-order valence-electron chi connectivity index (χ4n) is 3.52. The molecule has 2 aliphatic rings. The van der Waals surface area contributed by atoms with Gasteiger partial charge in [-0.3, -0.25) is 9.59 Å². The molecule has 2 aromatic rings. The summed E-state index contributed by atoms with van der Waals surface area (Å²) in [6.45, 7) is 1.78. The minimum absolute atomic E-state index is 0.0242. The van der Waals surface area contributed by atoms with E-state index in [2.05, 4.69) is 0 Å². The molecule has 1 aromatic heterocycles. The van der Waals surface area contributed by atoms with Crippen molar-refractivity contribution in [1.82, 2.24) is 4.90 Å². The van der Waals surface area contributed by atoms with Gasteiger partial charge in [-0.1, -0.05) is 12.1 Å². The molecule has 2 amide bonds. The molecule has 5 nitrogen and oxygen atoms in total. The van der Waals surface area contributed by atoms with E-state index in [9.17, 15) is 9.59 Å². The predicted molar refractivity (Wildman–Crippen MR) is 107 cm³/mol. The highest BCUT2D eigenvalue weighted by Crippen LogP contribution is 2.34. The number of nitrogens with zero attached hydrogens (tertiary/aromatic N) is 2. The molecule has 0 aliphatic carbocycles. The van der Waals surface area contributed by atoms with Gasteiger partial charge in [0.1, 0.15) is 5.75 Å². The Balaban J connectivity index is 1.56. The van der Waals surface area contributed by atoms with E-state index in [1.165, 1.54) is 0 Å². The van der Waals surface area contributed by atoms with Crippen molar-refractivity contribution in [2.75, 3.05) is 24.5 Å². The van der Waals surface area contributed by atoms with Crippen LogP contribution in [0.1, 0.15) is 24.8 Å². The van der Waals surface area contributed by atoms with E-state index >= 15 is 0 Å². The number of likely N-dealkylation sites (tertiary alicyclic amines) is 1. The Morgan fingerprint density at radius 3 is 2.70 bits per heavy atom. The van der Waals surface area contributed by atoms with Crippen LogP contribution in [-0.4, -0.2) is 42.5 Å². The summed E-state index contributed by atoms with van der Waals surface area (Å²) in [5, 5.41) is 3.96. The molecule has 0 N–H and O–H groups in total. The summed E-state index contributed by atoms with van der Waals surface area (Å²) in [5.74, 6) is 0.411. The number of amides is 2. The van der Waals surface area contributed by atoms with Crippen molar-refractivity contribution < 1.29 is 14.3 Å². The van der Waals surface area contributed by atoms with Gasteiger partial charge in [0.2, 0.25) is 0 Å². The summed E-state index contributed by atoms with van der Waals surface area (Å²) in [6, 6.07) is 9.36. The largest absolute Gasteiger partial charge is 0.476 e. The monoisotopic (exact) mass is 382 g/mol. The maximum absolute atomic E-state index is 12.9. The Hall–Kier alpha value is -2.60. The number of piperidine rings is 1. The standard InChI is InChI=1S/C21H22N2O3S/c24-20(9-8-16-10-13-27-15-16)23-14-19(21(25)22-11-4-1-5-12-22)26-18-7-3-2-6-17(18)23/h2-3,6-10,13,15,19H,1,4-5,11-12,14H2/b9-8+/t19-/m0/s1. The Bertz CT molecular complexity index is 841. The zero-order chi connectivity index (χ0) is 18.6. The lowest BCUT2D eigenvalue weighted by atomic mass is 10.1. The second-order valence-electron chi connectivity index (χ2n) is 6.80. The molecule has 0 unspecified atom stereocenters. The Morgan fingerprint density at radius 1 is 1.11 bits per heavy atom. The molecule has 4 rings (SSSR count). The van der Waals surface area contributed by atoms with Crippen LogP contribution >= 0.6 is 11.3 Å². The zero-order valence-corrected chi connectivity index (χ0v) is 15.9. The molecule has 3 heterocycles. The molecular formula is C21H22N2O3S. The first-order chi connectivity index (χ1) is 13.2.